The van der Waals surface area contributed by atoms with E-state index < -0.39 is 17.9 Å². The number of terminal acetylenes is 1. The number of esters is 1. The van der Waals surface area contributed by atoms with Gasteiger partial charge in [0.25, 0.3) is 5.91 Å². The average molecular weight is 459 g/mol. The number of amides is 3. The second-order valence-corrected chi connectivity index (χ2v) is 6.73. The largest absolute Gasteiger partial charge is 0.480 e. The van der Waals surface area contributed by atoms with E-state index in [1.807, 2.05) is 0 Å². The van der Waals surface area contributed by atoms with Crippen molar-refractivity contribution in [1.29, 1.82) is 0 Å². The number of rotatable bonds is 6. The Kier molecular flexibility index (Phi) is 6.04. The van der Waals surface area contributed by atoms with Gasteiger partial charge >= 0.3 is 12.0 Å². The minimum Gasteiger partial charge on any atom is -0.480 e. The number of nitrogens with zero attached hydrogens (tertiary/aromatic N) is 1. The first-order valence-corrected chi connectivity index (χ1v) is 9.09. The van der Waals surface area contributed by atoms with Crippen LogP contribution in [0.5, 0.6) is 5.75 Å². The molecule has 148 valence electrons. The zero-order chi connectivity index (χ0) is 21.0. The van der Waals surface area contributed by atoms with Crippen molar-refractivity contribution >= 4 is 39.9 Å². The number of benzene rings is 1. The summed E-state index contributed by atoms with van der Waals surface area (Å²) >= 11 is 3.36. The van der Waals surface area contributed by atoms with Crippen molar-refractivity contribution in [3.05, 3.63) is 57.6 Å². The quantitative estimate of drug-likeness (QED) is 0.309. The summed E-state index contributed by atoms with van der Waals surface area (Å²) in [7, 11) is 1.22. The van der Waals surface area contributed by atoms with Crippen LogP contribution >= 0.6 is 15.9 Å². The lowest BCUT2D eigenvalue weighted by Gasteiger charge is -2.09. The summed E-state index contributed by atoms with van der Waals surface area (Å²) in [6, 6.07) is 7.49. The van der Waals surface area contributed by atoms with Gasteiger partial charge in [0.15, 0.2) is 0 Å². The summed E-state index contributed by atoms with van der Waals surface area (Å²) in [5.74, 6) is 1.88. The zero-order valence-corrected chi connectivity index (χ0v) is 16.8. The Hall–Kier alpha value is -3.51. The smallest absolute Gasteiger partial charge is 0.373 e. The van der Waals surface area contributed by atoms with Gasteiger partial charge in [0.05, 0.1) is 13.7 Å². The van der Waals surface area contributed by atoms with Crippen LogP contribution in [0.1, 0.15) is 21.9 Å². The van der Waals surface area contributed by atoms with E-state index in [0.29, 0.717) is 11.3 Å². The van der Waals surface area contributed by atoms with E-state index in [1.165, 1.54) is 25.3 Å². The summed E-state index contributed by atoms with van der Waals surface area (Å²) in [6.45, 7) is -0.0802. The summed E-state index contributed by atoms with van der Waals surface area (Å²) < 4.78 is 16.1. The molecule has 1 aliphatic heterocycles. The molecule has 1 saturated heterocycles. The molecule has 2 heterocycles. The van der Waals surface area contributed by atoms with Crippen LogP contribution in [0.15, 0.2) is 44.9 Å². The molecular formula is C20H15BrN2O6. The molecule has 1 aromatic carbocycles. The third-order valence-corrected chi connectivity index (χ3v) is 4.40. The number of nitrogens with one attached hydrogen (secondary N) is 1. The highest BCUT2D eigenvalue weighted by Gasteiger charge is 2.34. The van der Waals surface area contributed by atoms with E-state index in [9.17, 15) is 14.4 Å². The van der Waals surface area contributed by atoms with Crippen LogP contribution in [-0.4, -0.2) is 36.5 Å². The minimum atomic E-state index is -0.650. The fraction of sp³-hybridized carbons (Fsp3) is 0.150. The van der Waals surface area contributed by atoms with Crippen molar-refractivity contribution in [1.82, 2.24) is 10.2 Å². The number of urea groups is 1. The van der Waals surface area contributed by atoms with E-state index in [1.54, 1.807) is 18.2 Å². The fourth-order valence-corrected chi connectivity index (χ4v) is 2.96. The molecule has 8 nitrogen and oxygen atoms in total. The van der Waals surface area contributed by atoms with Crippen molar-refractivity contribution in [2.45, 2.75) is 6.54 Å². The van der Waals surface area contributed by atoms with Crippen LogP contribution in [0, 0.1) is 12.3 Å². The number of carbonyl (C=O) groups is 3. The molecule has 1 aromatic heterocycles. The standard InChI is InChI=1S/C20H15BrN2O6/c1-3-8-28-16-6-4-13(21)9-12(16)10-15-18(24)23(20(26)22-15)11-14-5-7-17(29-14)19(25)27-2/h1,4-7,9-10H,8,11H2,2H3,(H,22,26)/b15-10-. The van der Waals surface area contributed by atoms with Crippen molar-refractivity contribution in [2.24, 2.45) is 0 Å². The van der Waals surface area contributed by atoms with Crippen molar-refractivity contribution < 1.29 is 28.3 Å². The van der Waals surface area contributed by atoms with E-state index >= 15 is 0 Å². The van der Waals surface area contributed by atoms with Crippen LogP contribution < -0.4 is 10.1 Å². The average Bonchev–Trinajstić information content (AvgIpc) is 3.27. The number of methoxy groups -OCH3 is 1. The van der Waals surface area contributed by atoms with Gasteiger partial charge in [0.1, 0.15) is 23.8 Å². The highest BCUT2D eigenvalue weighted by Crippen LogP contribution is 2.27. The molecule has 1 fully saturated rings. The molecule has 0 aliphatic carbocycles. The SMILES string of the molecule is C#CCOc1ccc(Br)cc1/C=C1\NC(=O)N(Cc2ccc(C(=O)OC)o2)C1=O. The van der Waals surface area contributed by atoms with E-state index in [2.05, 4.69) is 31.9 Å². The molecule has 3 amide bonds. The predicted octanol–water partition coefficient (Wildman–Crippen LogP) is 2.93. The zero-order valence-electron chi connectivity index (χ0n) is 15.2. The van der Waals surface area contributed by atoms with Gasteiger partial charge in [0, 0.05) is 10.0 Å². The first kappa shape index (κ1) is 20.2. The molecule has 2 aromatic rings. The maximum Gasteiger partial charge on any atom is 0.373 e. The third-order valence-electron chi connectivity index (χ3n) is 3.91. The topological polar surface area (TPSA) is 98.1 Å². The molecule has 0 saturated carbocycles. The third kappa shape index (κ3) is 4.50. The number of imide groups is 1. The van der Waals surface area contributed by atoms with Gasteiger partial charge in [-0.3, -0.25) is 9.69 Å². The fourth-order valence-electron chi connectivity index (χ4n) is 2.58. The monoisotopic (exact) mass is 458 g/mol. The minimum absolute atomic E-state index is 0.0187. The molecule has 29 heavy (non-hydrogen) atoms. The number of hydrogen-bond acceptors (Lipinski definition) is 6. The summed E-state index contributed by atoms with van der Waals surface area (Å²) in [5.41, 5.74) is 0.629. The van der Waals surface area contributed by atoms with Gasteiger partial charge < -0.3 is 19.2 Å². The first-order chi connectivity index (χ1) is 13.9. The van der Waals surface area contributed by atoms with Gasteiger partial charge in [-0.05, 0) is 36.4 Å². The second-order valence-electron chi connectivity index (χ2n) is 5.81. The van der Waals surface area contributed by atoms with Gasteiger partial charge in [-0.25, -0.2) is 9.59 Å². The van der Waals surface area contributed by atoms with Crippen LogP contribution in [0.2, 0.25) is 0 Å². The van der Waals surface area contributed by atoms with Crippen LogP contribution in [-0.2, 0) is 16.1 Å². The number of ether oxygens (including phenoxy) is 2. The van der Waals surface area contributed by atoms with Gasteiger partial charge in [-0.2, -0.15) is 0 Å². The Labute approximate surface area is 174 Å². The van der Waals surface area contributed by atoms with Crippen molar-refractivity contribution in [3.8, 4) is 18.1 Å². The Bertz CT molecular complexity index is 1050. The van der Waals surface area contributed by atoms with Crippen molar-refractivity contribution in [2.75, 3.05) is 13.7 Å². The lowest BCUT2D eigenvalue weighted by Crippen LogP contribution is -2.30. The van der Waals surface area contributed by atoms with Crippen molar-refractivity contribution in [3.63, 3.8) is 0 Å². The Morgan fingerprint density at radius 2 is 2.14 bits per heavy atom. The molecule has 0 unspecified atom stereocenters. The molecule has 0 bridgehead atoms. The lowest BCUT2D eigenvalue weighted by molar-refractivity contribution is -0.123. The van der Waals surface area contributed by atoms with Crippen LogP contribution in [0.25, 0.3) is 6.08 Å². The maximum atomic E-state index is 12.7. The van der Waals surface area contributed by atoms with Gasteiger partial charge in [-0.1, -0.05) is 21.9 Å². The molecule has 0 atom stereocenters. The van der Waals surface area contributed by atoms with Crippen LogP contribution in [0.3, 0.4) is 0 Å². The Balaban J connectivity index is 1.82. The van der Waals surface area contributed by atoms with E-state index in [4.69, 9.17) is 15.6 Å². The number of carbonyl (C=O) groups excluding carboxylic acids is 3. The highest BCUT2D eigenvalue weighted by molar-refractivity contribution is 9.10. The molecule has 9 heteroatoms. The van der Waals surface area contributed by atoms with E-state index in [0.717, 1.165) is 9.37 Å². The number of halogens is 1. The molecule has 0 radical (unpaired) electrons. The van der Waals surface area contributed by atoms with Gasteiger partial charge in [0.2, 0.25) is 5.76 Å². The van der Waals surface area contributed by atoms with E-state index in [-0.39, 0.29) is 30.4 Å². The number of furan rings is 1. The van der Waals surface area contributed by atoms with Gasteiger partial charge in [-0.15, -0.1) is 6.42 Å². The Morgan fingerprint density at radius 1 is 1.34 bits per heavy atom. The maximum absolute atomic E-state index is 12.7. The molecule has 3 rings (SSSR count). The highest BCUT2D eigenvalue weighted by atomic mass is 79.9. The molecule has 1 aliphatic rings. The number of hydrogen-bond donors (Lipinski definition) is 1. The lowest BCUT2D eigenvalue weighted by atomic mass is 10.1. The summed E-state index contributed by atoms with van der Waals surface area (Å²) in [5, 5.41) is 2.52. The second kappa shape index (κ2) is 8.67. The summed E-state index contributed by atoms with van der Waals surface area (Å²) in [4.78, 5) is 37.4. The molecular weight excluding hydrogens is 444 g/mol. The summed E-state index contributed by atoms with van der Waals surface area (Å²) in [6.07, 6.45) is 6.72. The normalized spacial score (nSPS) is 14.7. The molecule has 1 N–H and O–H groups in total. The Morgan fingerprint density at radius 3 is 2.86 bits per heavy atom. The van der Waals surface area contributed by atoms with Crippen LogP contribution in [0.4, 0.5) is 4.79 Å². The first-order valence-electron chi connectivity index (χ1n) is 8.30. The molecule has 0 spiro atoms. The predicted molar refractivity (Wildman–Crippen MR) is 106 cm³/mol.